The lowest BCUT2D eigenvalue weighted by Crippen LogP contribution is -2.15. The van der Waals surface area contributed by atoms with Gasteiger partial charge in [0.15, 0.2) is 0 Å². The van der Waals surface area contributed by atoms with E-state index in [0.29, 0.717) is 16.9 Å². The summed E-state index contributed by atoms with van der Waals surface area (Å²) in [4.78, 5) is 20.9. The highest BCUT2D eigenvalue weighted by molar-refractivity contribution is 9.10. The zero-order valence-corrected chi connectivity index (χ0v) is 16.2. The van der Waals surface area contributed by atoms with Gasteiger partial charge in [-0.1, -0.05) is 30.0 Å². The van der Waals surface area contributed by atoms with Gasteiger partial charge in [-0.15, -0.1) is 5.10 Å². The highest BCUT2D eigenvalue weighted by atomic mass is 79.9. The number of rotatable bonds is 6. The van der Waals surface area contributed by atoms with E-state index in [1.54, 1.807) is 12.3 Å². The minimum Gasteiger partial charge on any atom is -0.310 e. The molecule has 0 unspecified atom stereocenters. The number of carbonyl (C=O) groups is 1. The van der Waals surface area contributed by atoms with Gasteiger partial charge < -0.3 is 5.32 Å². The van der Waals surface area contributed by atoms with Crippen molar-refractivity contribution in [1.82, 2.24) is 19.7 Å². The van der Waals surface area contributed by atoms with Gasteiger partial charge in [0, 0.05) is 16.6 Å². The van der Waals surface area contributed by atoms with Gasteiger partial charge in [0.25, 0.3) is 0 Å². The number of hydrogen-bond acceptors (Lipinski definition) is 5. The van der Waals surface area contributed by atoms with Crippen LogP contribution in [0.1, 0.15) is 24.6 Å². The summed E-state index contributed by atoms with van der Waals surface area (Å²) < 4.78 is 2.77. The Bertz CT molecular complexity index is 909. The molecule has 4 rings (SSSR count). The Kier molecular flexibility index (Phi) is 5.03. The SMILES string of the molecule is O=C(CSc1nc(C2CC2)n(-c2ccccc2)n1)Nc1ccc(Br)cn1. The Morgan fingerprint density at radius 2 is 2.04 bits per heavy atom. The second-order valence-corrected chi connectivity index (χ2v) is 7.83. The summed E-state index contributed by atoms with van der Waals surface area (Å²) in [6.45, 7) is 0. The number of amides is 1. The fourth-order valence-electron chi connectivity index (χ4n) is 2.49. The number of nitrogens with one attached hydrogen (secondary N) is 1. The van der Waals surface area contributed by atoms with Crippen molar-refractivity contribution in [1.29, 1.82) is 0 Å². The first-order valence-corrected chi connectivity index (χ1v) is 10.0. The van der Waals surface area contributed by atoms with Crippen molar-refractivity contribution < 1.29 is 4.79 Å². The van der Waals surface area contributed by atoms with Gasteiger partial charge in [-0.05, 0) is 53.0 Å². The average Bonchev–Trinajstić information content (AvgIpc) is 3.42. The number of anilines is 1. The van der Waals surface area contributed by atoms with E-state index >= 15 is 0 Å². The third kappa shape index (κ3) is 4.13. The average molecular weight is 430 g/mol. The standard InChI is InChI=1S/C18H16BrN5OS/c19-13-8-9-15(20-10-13)21-16(25)11-26-18-22-17(12-6-7-12)24(23-18)14-4-2-1-3-5-14/h1-5,8-10,12H,6-7,11H2,(H,20,21,25). The van der Waals surface area contributed by atoms with E-state index in [9.17, 15) is 4.79 Å². The van der Waals surface area contributed by atoms with Crippen LogP contribution in [0.4, 0.5) is 5.82 Å². The molecule has 0 atom stereocenters. The maximum absolute atomic E-state index is 12.1. The van der Waals surface area contributed by atoms with Crippen LogP contribution in [0.2, 0.25) is 0 Å². The summed E-state index contributed by atoms with van der Waals surface area (Å²) in [7, 11) is 0. The molecule has 2 heterocycles. The van der Waals surface area contributed by atoms with Crippen molar-refractivity contribution in [3.05, 3.63) is 59.0 Å². The quantitative estimate of drug-likeness (QED) is 0.598. The van der Waals surface area contributed by atoms with Crippen LogP contribution < -0.4 is 5.32 Å². The molecule has 132 valence electrons. The lowest BCUT2D eigenvalue weighted by molar-refractivity contribution is -0.113. The molecule has 8 heteroatoms. The predicted octanol–water partition coefficient (Wildman–Crippen LogP) is 4.03. The highest BCUT2D eigenvalue weighted by Gasteiger charge is 2.30. The number of thioether (sulfide) groups is 1. The van der Waals surface area contributed by atoms with Crippen molar-refractivity contribution in [2.45, 2.75) is 23.9 Å². The molecule has 2 aromatic heterocycles. The first-order chi connectivity index (χ1) is 12.7. The molecule has 1 fully saturated rings. The minimum absolute atomic E-state index is 0.131. The second-order valence-electron chi connectivity index (χ2n) is 5.97. The van der Waals surface area contributed by atoms with Crippen LogP contribution >= 0.6 is 27.7 Å². The van der Waals surface area contributed by atoms with E-state index in [1.165, 1.54) is 11.8 Å². The van der Waals surface area contributed by atoms with Gasteiger partial charge >= 0.3 is 0 Å². The van der Waals surface area contributed by atoms with E-state index in [4.69, 9.17) is 0 Å². The fraction of sp³-hybridized carbons (Fsp3) is 0.222. The summed E-state index contributed by atoms with van der Waals surface area (Å²) >= 11 is 4.65. The van der Waals surface area contributed by atoms with E-state index in [1.807, 2.05) is 41.1 Å². The Hall–Kier alpha value is -2.19. The van der Waals surface area contributed by atoms with Crippen molar-refractivity contribution in [3.63, 3.8) is 0 Å². The number of pyridine rings is 1. The third-order valence-electron chi connectivity index (χ3n) is 3.88. The summed E-state index contributed by atoms with van der Waals surface area (Å²) in [5.74, 6) is 2.08. The fourth-order valence-corrected chi connectivity index (χ4v) is 3.35. The monoisotopic (exact) mass is 429 g/mol. The van der Waals surface area contributed by atoms with Crippen LogP contribution in [0.3, 0.4) is 0 Å². The van der Waals surface area contributed by atoms with Gasteiger partial charge in [-0.3, -0.25) is 4.79 Å². The first kappa shape index (κ1) is 17.2. The number of carbonyl (C=O) groups excluding carboxylic acids is 1. The largest absolute Gasteiger partial charge is 0.310 e. The zero-order valence-electron chi connectivity index (χ0n) is 13.8. The number of para-hydroxylation sites is 1. The smallest absolute Gasteiger partial charge is 0.236 e. The van der Waals surface area contributed by atoms with Gasteiger partial charge in [0.1, 0.15) is 11.6 Å². The molecule has 0 aliphatic heterocycles. The molecule has 1 saturated carbocycles. The van der Waals surface area contributed by atoms with Crippen molar-refractivity contribution >= 4 is 39.4 Å². The molecule has 0 radical (unpaired) electrons. The topological polar surface area (TPSA) is 72.7 Å². The molecule has 0 bridgehead atoms. The van der Waals surface area contributed by atoms with Gasteiger partial charge in [-0.2, -0.15) is 0 Å². The van der Waals surface area contributed by atoms with Crippen LogP contribution in [-0.2, 0) is 4.79 Å². The van der Waals surface area contributed by atoms with Crippen LogP contribution in [-0.4, -0.2) is 31.4 Å². The van der Waals surface area contributed by atoms with E-state index < -0.39 is 0 Å². The van der Waals surface area contributed by atoms with Crippen molar-refractivity contribution in [3.8, 4) is 5.69 Å². The van der Waals surface area contributed by atoms with E-state index in [-0.39, 0.29) is 11.7 Å². The van der Waals surface area contributed by atoms with Crippen LogP contribution in [0.15, 0.2) is 58.3 Å². The van der Waals surface area contributed by atoms with Crippen LogP contribution in [0, 0.1) is 0 Å². The molecule has 1 N–H and O–H groups in total. The number of benzene rings is 1. The molecular formula is C18H16BrN5OS. The molecule has 1 aromatic carbocycles. The molecule has 1 amide bonds. The normalized spacial score (nSPS) is 13.6. The van der Waals surface area contributed by atoms with Gasteiger partial charge in [0.05, 0.1) is 11.4 Å². The van der Waals surface area contributed by atoms with E-state index in [2.05, 4.69) is 36.3 Å². The van der Waals surface area contributed by atoms with Gasteiger partial charge in [-0.25, -0.2) is 14.6 Å². The summed E-state index contributed by atoms with van der Waals surface area (Å²) in [6, 6.07) is 13.6. The minimum atomic E-state index is -0.131. The number of nitrogens with zero attached hydrogens (tertiary/aromatic N) is 4. The zero-order chi connectivity index (χ0) is 17.9. The Balaban J connectivity index is 1.43. The molecule has 26 heavy (non-hydrogen) atoms. The maximum Gasteiger partial charge on any atom is 0.236 e. The van der Waals surface area contributed by atoms with Gasteiger partial charge in [0.2, 0.25) is 11.1 Å². The van der Waals surface area contributed by atoms with Crippen LogP contribution in [0.25, 0.3) is 5.69 Å². The highest BCUT2D eigenvalue weighted by Crippen LogP contribution is 2.40. The van der Waals surface area contributed by atoms with E-state index in [0.717, 1.165) is 28.8 Å². The Labute approximate surface area is 163 Å². The Morgan fingerprint density at radius 1 is 1.23 bits per heavy atom. The molecule has 1 aliphatic rings. The number of halogens is 1. The maximum atomic E-state index is 12.1. The molecular weight excluding hydrogens is 414 g/mol. The summed E-state index contributed by atoms with van der Waals surface area (Å²) in [5, 5.41) is 7.99. The molecule has 1 aliphatic carbocycles. The summed E-state index contributed by atoms with van der Waals surface area (Å²) in [6.07, 6.45) is 3.93. The number of hydrogen-bond donors (Lipinski definition) is 1. The molecule has 0 saturated heterocycles. The molecule has 3 aromatic rings. The molecule has 0 spiro atoms. The van der Waals surface area contributed by atoms with Crippen molar-refractivity contribution in [2.75, 3.05) is 11.1 Å². The Morgan fingerprint density at radius 3 is 2.73 bits per heavy atom. The number of aromatic nitrogens is 4. The second kappa shape index (κ2) is 7.59. The predicted molar refractivity (Wildman–Crippen MR) is 105 cm³/mol. The first-order valence-electron chi connectivity index (χ1n) is 8.25. The van der Waals surface area contributed by atoms with Crippen LogP contribution in [0.5, 0.6) is 0 Å². The lowest BCUT2D eigenvalue weighted by Gasteiger charge is -2.03. The third-order valence-corrected chi connectivity index (χ3v) is 5.19. The summed E-state index contributed by atoms with van der Waals surface area (Å²) in [5.41, 5.74) is 0.997. The van der Waals surface area contributed by atoms with Crippen molar-refractivity contribution in [2.24, 2.45) is 0 Å². The molecule has 6 nitrogen and oxygen atoms in total. The lowest BCUT2D eigenvalue weighted by atomic mass is 10.3.